The molecule has 0 spiro atoms. The molecular formula is C25H28N2O3S. The fourth-order valence-corrected chi connectivity index (χ4v) is 5.34. The summed E-state index contributed by atoms with van der Waals surface area (Å²) in [5.74, 6) is -0.330. The largest absolute Gasteiger partial charge is 0.321 e. The van der Waals surface area contributed by atoms with Crippen molar-refractivity contribution < 1.29 is 13.2 Å². The van der Waals surface area contributed by atoms with E-state index >= 15 is 0 Å². The van der Waals surface area contributed by atoms with E-state index in [0.717, 1.165) is 23.2 Å². The molecule has 0 fully saturated rings. The summed E-state index contributed by atoms with van der Waals surface area (Å²) in [4.78, 5) is 13.1. The minimum Gasteiger partial charge on any atom is -0.321 e. The topological polar surface area (TPSA) is 66.5 Å². The fourth-order valence-electron chi connectivity index (χ4n) is 3.61. The van der Waals surface area contributed by atoms with Crippen LogP contribution in [0.5, 0.6) is 0 Å². The maximum Gasteiger partial charge on any atom is 0.264 e. The van der Waals surface area contributed by atoms with E-state index in [1.54, 1.807) is 50.2 Å². The molecule has 0 aliphatic rings. The number of nitrogens with zero attached hydrogens (tertiary/aromatic N) is 1. The number of benzene rings is 3. The van der Waals surface area contributed by atoms with E-state index in [9.17, 15) is 13.2 Å². The lowest BCUT2D eigenvalue weighted by Gasteiger charge is -2.24. The van der Waals surface area contributed by atoms with Gasteiger partial charge in [-0.05, 0) is 68.1 Å². The molecule has 0 heterocycles. The van der Waals surface area contributed by atoms with E-state index in [0.29, 0.717) is 16.8 Å². The first-order valence-corrected chi connectivity index (χ1v) is 11.8. The molecule has 0 saturated carbocycles. The molecule has 6 heteroatoms. The molecule has 31 heavy (non-hydrogen) atoms. The average Bonchev–Trinajstić information content (AvgIpc) is 2.76. The molecule has 162 valence electrons. The molecule has 0 saturated heterocycles. The minimum atomic E-state index is -3.83. The first kappa shape index (κ1) is 22.6. The van der Waals surface area contributed by atoms with Gasteiger partial charge in [0.05, 0.1) is 10.6 Å². The van der Waals surface area contributed by atoms with E-state index in [4.69, 9.17) is 0 Å². The maximum atomic E-state index is 13.5. The summed E-state index contributed by atoms with van der Waals surface area (Å²) >= 11 is 0. The molecule has 0 aromatic heterocycles. The lowest BCUT2D eigenvalue weighted by atomic mass is 10.1. The Morgan fingerprint density at radius 3 is 2.26 bits per heavy atom. The van der Waals surface area contributed by atoms with Gasteiger partial charge in [-0.3, -0.25) is 9.10 Å². The van der Waals surface area contributed by atoms with E-state index in [-0.39, 0.29) is 17.3 Å². The number of nitrogens with one attached hydrogen (secondary N) is 1. The number of carbonyl (C=O) groups excluding carboxylic acids is 1. The minimum absolute atomic E-state index is 0.131. The third-order valence-electron chi connectivity index (χ3n) is 5.33. The second-order valence-electron chi connectivity index (χ2n) is 7.40. The standard InChI is InChI=1S/C25H28N2O3S/c1-5-20-12-10-11-19(4)24(20)26-25(28)21-16-15-18(3)23(17-21)31(29,30)27(6-2)22-13-8-7-9-14-22/h7-17H,5-6H2,1-4H3,(H,26,28). The Kier molecular flexibility index (Phi) is 6.81. The summed E-state index contributed by atoms with van der Waals surface area (Å²) in [6, 6.07) is 19.7. The predicted molar refractivity (Wildman–Crippen MR) is 126 cm³/mol. The molecule has 0 bridgehead atoms. The van der Waals surface area contributed by atoms with Crippen molar-refractivity contribution in [2.75, 3.05) is 16.2 Å². The van der Waals surface area contributed by atoms with Crippen LogP contribution in [0.3, 0.4) is 0 Å². The lowest BCUT2D eigenvalue weighted by Crippen LogP contribution is -2.31. The highest BCUT2D eigenvalue weighted by Crippen LogP contribution is 2.27. The SMILES string of the molecule is CCc1cccc(C)c1NC(=O)c1ccc(C)c(S(=O)(=O)N(CC)c2ccccc2)c1. The summed E-state index contributed by atoms with van der Waals surface area (Å²) in [6.45, 7) is 7.79. The van der Waals surface area contributed by atoms with Crippen LogP contribution >= 0.6 is 0 Å². The smallest absolute Gasteiger partial charge is 0.264 e. The number of carbonyl (C=O) groups is 1. The van der Waals surface area contributed by atoms with Crippen molar-refractivity contribution in [3.05, 3.63) is 89.0 Å². The first-order chi connectivity index (χ1) is 14.8. The van der Waals surface area contributed by atoms with E-state index < -0.39 is 10.0 Å². The predicted octanol–water partition coefficient (Wildman–Crippen LogP) is 5.33. The summed E-state index contributed by atoms with van der Waals surface area (Å²) in [5, 5.41) is 2.97. The van der Waals surface area contributed by atoms with Crippen molar-refractivity contribution in [1.82, 2.24) is 0 Å². The summed E-state index contributed by atoms with van der Waals surface area (Å²) in [5.41, 5.74) is 4.27. The van der Waals surface area contributed by atoms with Gasteiger partial charge in [-0.1, -0.05) is 49.4 Å². The number of hydrogen-bond donors (Lipinski definition) is 1. The van der Waals surface area contributed by atoms with Gasteiger partial charge >= 0.3 is 0 Å². The molecule has 3 rings (SSSR count). The third-order valence-corrected chi connectivity index (χ3v) is 7.37. The monoisotopic (exact) mass is 436 g/mol. The van der Waals surface area contributed by atoms with Crippen LogP contribution in [-0.2, 0) is 16.4 Å². The number of sulfonamides is 1. The fraction of sp³-hybridized carbons (Fsp3) is 0.240. The van der Waals surface area contributed by atoms with Gasteiger partial charge in [0.2, 0.25) is 0 Å². The lowest BCUT2D eigenvalue weighted by molar-refractivity contribution is 0.102. The Bertz CT molecular complexity index is 1190. The Balaban J connectivity index is 1.99. The molecule has 5 nitrogen and oxygen atoms in total. The van der Waals surface area contributed by atoms with Crippen LogP contribution in [0.4, 0.5) is 11.4 Å². The zero-order valence-electron chi connectivity index (χ0n) is 18.3. The molecule has 0 atom stereocenters. The van der Waals surface area contributed by atoms with Gasteiger partial charge in [-0.25, -0.2) is 8.42 Å². The normalized spacial score (nSPS) is 11.2. The molecule has 0 unspecified atom stereocenters. The Morgan fingerprint density at radius 1 is 0.903 bits per heavy atom. The van der Waals surface area contributed by atoms with Gasteiger partial charge in [-0.2, -0.15) is 0 Å². The number of rotatable bonds is 7. The first-order valence-electron chi connectivity index (χ1n) is 10.4. The highest BCUT2D eigenvalue weighted by Gasteiger charge is 2.26. The van der Waals surface area contributed by atoms with Crippen molar-refractivity contribution in [3.63, 3.8) is 0 Å². The second-order valence-corrected chi connectivity index (χ2v) is 9.23. The number of aryl methyl sites for hydroxylation is 3. The Hall–Kier alpha value is -3.12. The quantitative estimate of drug-likeness (QED) is 0.544. The van der Waals surface area contributed by atoms with Gasteiger partial charge in [0.1, 0.15) is 0 Å². The van der Waals surface area contributed by atoms with Crippen molar-refractivity contribution in [2.24, 2.45) is 0 Å². The van der Waals surface area contributed by atoms with Crippen LogP contribution in [0.2, 0.25) is 0 Å². The zero-order valence-corrected chi connectivity index (χ0v) is 19.2. The summed E-state index contributed by atoms with van der Waals surface area (Å²) < 4.78 is 28.3. The number of para-hydroxylation sites is 2. The van der Waals surface area contributed by atoms with Crippen LogP contribution in [-0.4, -0.2) is 20.9 Å². The number of hydrogen-bond acceptors (Lipinski definition) is 3. The Labute approximate surface area is 184 Å². The van der Waals surface area contributed by atoms with Crippen LogP contribution in [0.1, 0.15) is 40.9 Å². The van der Waals surface area contributed by atoms with Crippen molar-refractivity contribution >= 4 is 27.3 Å². The van der Waals surface area contributed by atoms with E-state index in [2.05, 4.69) is 5.32 Å². The number of anilines is 2. The van der Waals surface area contributed by atoms with Crippen molar-refractivity contribution in [3.8, 4) is 0 Å². The molecular weight excluding hydrogens is 408 g/mol. The maximum absolute atomic E-state index is 13.5. The van der Waals surface area contributed by atoms with Crippen molar-refractivity contribution in [1.29, 1.82) is 0 Å². The van der Waals surface area contributed by atoms with Crippen LogP contribution in [0.15, 0.2) is 71.6 Å². The van der Waals surface area contributed by atoms with Crippen LogP contribution < -0.4 is 9.62 Å². The Morgan fingerprint density at radius 2 is 1.61 bits per heavy atom. The average molecular weight is 437 g/mol. The molecule has 0 aliphatic heterocycles. The molecule has 3 aromatic rings. The summed E-state index contributed by atoms with van der Waals surface area (Å²) in [7, 11) is -3.83. The second kappa shape index (κ2) is 9.35. The van der Waals surface area contributed by atoms with Crippen molar-refractivity contribution in [2.45, 2.75) is 39.0 Å². The van der Waals surface area contributed by atoms with Gasteiger partial charge in [0.25, 0.3) is 15.9 Å². The molecule has 0 aliphatic carbocycles. The highest BCUT2D eigenvalue weighted by atomic mass is 32.2. The van der Waals surface area contributed by atoms with Crippen LogP contribution in [0.25, 0.3) is 0 Å². The molecule has 0 radical (unpaired) electrons. The van der Waals surface area contributed by atoms with E-state index in [1.807, 2.05) is 38.1 Å². The van der Waals surface area contributed by atoms with E-state index in [1.165, 1.54) is 10.4 Å². The van der Waals surface area contributed by atoms with Gasteiger partial charge in [0.15, 0.2) is 0 Å². The summed E-state index contributed by atoms with van der Waals surface area (Å²) in [6.07, 6.45) is 0.785. The zero-order chi connectivity index (χ0) is 22.6. The van der Waals surface area contributed by atoms with Crippen LogP contribution in [0, 0.1) is 13.8 Å². The number of amides is 1. The van der Waals surface area contributed by atoms with Gasteiger partial charge in [0, 0.05) is 17.8 Å². The molecule has 3 aromatic carbocycles. The third kappa shape index (κ3) is 4.64. The molecule has 1 amide bonds. The van der Waals surface area contributed by atoms with Gasteiger partial charge < -0.3 is 5.32 Å². The molecule has 1 N–H and O–H groups in total. The highest BCUT2D eigenvalue weighted by molar-refractivity contribution is 7.92. The van der Waals surface area contributed by atoms with Gasteiger partial charge in [-0.15, -0.1) is 0 Å².